The molecule has 0 unspecified atom stereocenters. The van der Waals surface area contributed by atoms with Crippen molar-refractivity contribution in [2.24, 2.45) is 0 Å². The molecule has 1 heterocycles. The fourth-order valence-corrected chi connectivity index (χ4v) is 2.69. The fourth-order valence-electron chi connectivity index (χ4n) is 1.67. The van der Waals surface area contributed by atoms with Gasteiger partial charge in [0.1, 0.15) is 0 Å². The molecular formula is C12H11NV2. The monoisotopic (exact) mass is 271 g/mol. The predicted molar refractivity (Wildman–Crippen MR) is 56.3 cm³/mol. The fraction of sp³-hybridized carbons (Fsp3) is 0.167. The van der Waals surface area contributed by atoms with Crippen molar-refractivity contribution in [3.05, 3.63) is 47.2 Å². The van der Waals surface area contributed by atoms with Gasteiger partial charge in [-0.2, -0.15) is 0 Å². The number of nitrogens with zero attached hydrogens (tertiary/aromatic N) is 1. The van der Waals surface area contributed by atoms with E-state index in [0.29, 0.717) is 0 Å². The molecule has 3 heteroatoms. The molecule has 0 N–H and O–H groups in total. The van der Waals surface area contributed by atoms with Crippen LogP contribution in [0.5, 0.6) is 0 Å². The summed E-state index contributed by atoms with van der Waals surface area (Å²) in [7, 11) is 2.05. The number of allylic oxidation sites excluding steroid dienone is 1. The molecule has 0 amide bonds. The molecule has 0 radical (unpaired) electrons. The van der Waals surface area contributed by atoms with Crippen LogP contribution in [-0.4, -0.2) is 20.5 Å². The van der Waals surface area contributed by atoms with Gasteiger partial charge < -0.3 is 0 Å². The van der Waals surface area contributed by atoms with Gasteiger partial charge in [0, 0.05) is 0 Å². The zero-order valence-electron chi connectivity index (χ0n) is 8.78. The summed E-state index contributed by atoms with van der Waals surface area (Å²) in [6.07, 6.45) is 0. The van der Waals surface area contributed by atoms with Crippen LogP contribution in [0.1, 0.15) is 16.7 Å². The molecule has 0 bridgehead atoms. The Labute approximate surface area is 108 Å². The number of hydrogen-bond donors (Lipinski definition) is 0. The van der Waals surface area contributed by atoms with Crippen LogP contribution < -0.4 is 0 Å². The Morgan fingerprint density at radius 1 is 1.20 bits per heavy atom. The van der Waals surface area contributed by atoms with Gasteiger partial charge >= 0.3 is 109 Å². The first-order valence-corrected chi connectivity index (χ1v) is 6.08. The number of likely N-dealkylation sites (N-methyl/N-ethyl adjacent to an activating group) is 1. The summed E-state index contributed by atoms with van der Waals surface area (Å²) >= 11 is 5.25. The Balaban J connectivity index is 2.69. The maximum absolute atomic E-state index is 4.10. The summed E-state index contributed by atoms with van der Waals surface area (Å²) in [6.45, 7) is 6.21. The molecule has 0 saturated carbocycles. The number of benzene rings is 1. The Kier molecular flexibility index (Phi) is 2.91. The molecule has 74 valence electrons. The van der Waals surface area contributed by atoms with Crippen molar-refractivity contribution in [2.75, 3.05) is 7.05 Å². The SMILES string of the molecule is C=C1[C](=[V])c2cc(C)ccc2[C](=[V])N1C. The van der Waals surface area contributed by atoms with Crippen molar-refractivity contribution in [3.63, 3.8) is 0 Å². The third-order valence-corrected chi connectivity index (χ3v) is 4.29. The third kappa shape index (κ3) is 1.74. The van der Waals surface area contributed by atoms with Crippen molar-refractivity contribution in [1.29, 1.82) is 0 Å². The molecule has 1 nitrogen and oxygen atoms in total. The van der Waals surface area contributed by atoms with Gasteiger partial charge in [-0.05, 0) is 0 Å². The van der Waals surface area contributed by atoms with Crippen LogP contribution in [0.15, 0.2) is 30.5 Å². The molecular weight excluding hydrogens is 260 g/mol. The van der Waals surface area contributed by atoms with E-state index in [1.165, 1.54) is 25.3 Å². The van der Waals surface area contributed by atoms with E-state index in [1.807, 2.05) is 7.05 Å². The first kappa shape index (κ1) is 11.2. The summed E-state index contributed by atoms with van der Waals surface area (Å²) in [5.41, 5.74) is 4.92. The van der Waals surface area contributed by atoms with E-state index in [9.17, 15) is 0 Å². The second kappa shape index (κ2) is 3.92. The first-order chi connectivity index (χ1) is 7.02. The van der Waals surface area contributed by atoms with E-state index in [1.54, 1.807) is 0 Å². The molecule has 0 aliphatic carbocycles. The average molecular weight is 271 g/mol. The van der Waals surface area contributed by atoms with E-state index in [4.69, 9.17) is 0 Å². The van der Waals surface area contributed by atoms with Crippen molar-refractivity contribution in [2.45, 2.75) is 6.92 Å². The summed E-state index contributed by atoms with van der Waals surface area (Å²) in [6, 6.07) is 6.54. The van der Waals surface area contributed by atoms with E-state index >= 15 is 0 Å². The molecule has 15 heavy (non-hydrogen) atoms. The van der Waals surface area contributed by atoms with Gasteiger partial charge in [-0.25, -0.2) is 0 Å². The zero-order chi connectivity index (χ0) is 11.2. The summed E-state index contributed by atoms with van der Waals surface area (Å²) in [4.78, 5) is 2.12. The molecule has 0 fully saturated rings. The van der Waals surface area contributed by atoms with Crippen LogP contribution >= 0.6 is 0 Å². The van der Waals surface area contributed by atoms with E-state index in [0.717, 1.165) is 5.70 Å². The van der Waals surface area contributed by atoms with Crippen molar-refractivity contribution >= 4 is 8.58 Å². The first-order valence-electron chi connectivity index (χ1n) is 4.68. The van der Waals surface area contributed by atoms with Crippen LogP contribution in [0.4, 0.5) is 0 Å². The molecule has 1 aliphatic rings. The number of fused-ring (bicyclic) bond motifs is 1. The van der Waals surface area contributed by atoms with Gasteiger partial charge in [-0.3, -0.25) is 0 Å². The van der Waals surface area contributed by atoms with Crippen molar-refractivity contribution < 1.29 is 34.0 Å². The molecule has 0 aromatic heterocycles. The van der Waals surface area contributed by atoms with Crippen molar-refractivity contribution in [3.8, 4) is 0 Å². The van der Waals surface area contributed by atoms with E-state index in [2.05, 4.69) is 70.6 Å². The Hall–Kier alpha value is -0.331. The second-order valence-corrected chi connectivity index (χ2v) is 5.09. The molecule has 1 aromatic carbocycles. The second-order valence-electron chi connectivity index (χ2n) is 3.73. The number of rotatable bonds is 0. The van der Waals surface area contributed by atoms with Crippen LogP contribution in [-0.2, 0) is 34.0 Å². The van der Waals surface area contributed by atoms with E-state index in [-0.39, 0.29) is 0 Å². The zero-order valence-corrected chi connectivity index (χ0v) is 11.6. The van der Waals surface area contributed by atoms with Crippen LogP contribution in [0.25, 0.3) is 0 Å². The molecule has 1 aliphatic heterocycles. The standard InChI is InChI=1S/C12H11N.2V/c1-9-4-5-11-8-13(3)10(2)7-12(11)6-9;;/h4-6H,2H2,1,3H3;;. The van der Waals surface area contributed by atoms with Crippen LogP contribution in [0.2, 0.25) is 0 Å². The van der Waals surface area contributed by atoms with Crippen molar-refractivity contribution in [1.82, 2.24) is 4.90 Å². The summed E-state index contributed by atoms with van der Waals surface area (Å²) < 4.78 is 2.41. The quantitative estimate of drug-likeness (QED) is 0.692. The molecule has 2 rings (SSSR count). The predicted octanol–water partition coefficient (Wildman–Crippen LogP) is 1.55. The molecule has 0 spiro atoms. The Morgan fingerprint density at radius 2 is 1.87 bits per heavy atom. The van der Waals surface area contributed by atoms with Gasteiger partial charge in [0.2, 0.25) is 0 Å². The molecule has 1 aromatic rings. The Morgan fingerprint density at radius 3 is 2.53 bits per heavy atom. The Bertz CT molecular complexity index is 488. The van der Waals surface area contributed by atoms with Gasteiger partial charge in [-0.1, -0.05) is 0 Å². The maximum atomic E-state index is 4.10. The minimum absolute atomic E-state index is 1.06. The average Bonchev–Trinajstić information content (AvgIpc) is 2.23. The van der Waals surface area contributed by atoms with Crippen LogP contribution in [0, 0.1) is 6.92 Å². The van der Waals surface area contributed by atoms with Gasteiger partial charge in [0.05, 0.1) is 0 Å². The molecule has 0 saturated heterocycles. The summed E-state index contributed by atoms with van der Waals surface area (Å²) in [5.74, 6) is 0. The number of hydrogen-bond acceptors (Lipinski definition) is 1. The normalized spacial score (nSPS) is 15.5. The van der Waals surface area contributed by atoms with E-state index < -0.39 is 0 Å². The topological polar surface area (TPSA) is 3.24 Å². The van der Waals surface area contributed by atoms with Crippen LogP contribution in [0.3, 0.4) is 0 Å². The minimum atomic E-state index is 1.06. The van der Waals surface area contributed by atoms with Gasteiger partial charge in [-0.15, -0.1) is 0 Å². The molecule has 0 atom stereocenters. The summed E-state index contributed by atoms with van der Waals surface area (Å²) in [5, 5.41) is 0. The number of aryl methyl sites for hydroxylation is 1. The third-order valence-electron chi connectivity index (χ3n) is 2.67. The van der Waals surface area contributed by atoms with Gasteiger partial charge in [0.15, 0.2) is 0 Å². The van der Waals surface area contributed by atoms with Gasteiger partial charge in [0.25, 0.3) is 0 Å².